The maximum Gasteiger partial charge on any atom is 0.317 e. The number of hydrogen-bond donors (Lipinski definition) is 1. The molecule has 1 unspecified atom stereocenters. The van der Waals surface area contributed by atoms with Gasteiger partial charge in [0, 0.05) is 12.1 Å². The van der Waals surface area contributed by atoms with E-state index >= 15 is 0 Å². The monoisotopic (exact) mass is 359 g/mol. The molecule has 0 aliphatic heterocycles. The summed E-state index contributed by atoms with van der Waals surface area (Å²) < 4.78 is 1.14. The van der Waals surface area contributed by atoms with Crippen LogP contribution in [-0.2, 0) is 6.54 Å². The van der Waals surface area contributed by atoms with Gasteiger partial charge in [0.2, 0.25) is 0 Å². The Hall–Kier alpha value is -2.11. The van der Waals surface area contributed by atoms with E-state index in [-0.39, 0.29) is 12.1 Å². The van der Waals surface area contributed by atoms with Crippen molar-refractivity contribution in [3.05, 3.63) is 64.1 Å². The molecule has 1 heterocycles. The van der Waals surface area contributed by atoms with Crippen molar-refractivity contribution in [2.75, 3.05) is 7.05 Å². The number of carbonyl (C=O) groups excluding carboxylic acids is 1. The number of urea groups is 1. The Bertz CT molecular complexity index is 814. The van der Waals surface area contributed by atoms with E-state index in [1.165, 1.54) is 0 Å². The topological polar surface area (TPSA) is 45.2 Å². The Morgan fingerprint density at radius 3 is 2.67 bits per heavy atom. The molecule has 1 N–H and O–H groups in total. The van der Waals surface area contributed by atoms with Gasteiger partial charge in [-0.1, -0.05) is 35.9 Å². The molecule has 0 aliphatic carbocycles. The number of hydrogen-bond acceptors (Lipinski definition) is 3. The van der Waals surface area contributed by atoms with E-state index in [4.69, 9.17) is 11.6 Å². The third kappa shape index (κ3) is 3.86. The minimum Gasteiger partial charge on any atom is -0.331 e. The molecule has 0 spiro atoms. The van der Waals surface area contributed by atoms with Gasteiger partial charge in [-0.15, -0.1) is 11.3 Å². The second-order valence-corrected chi connectivity index (χ2v) is 7.21. The van der Waals surface area contributed by atoms with E-state index in [1.807, 2.05) is 55.5 Å². The SMILES string of the molecule is CC(NC(=O)N(C)Cc1nc2ccccc2s1)c1ccc(Cl)cc1. The standard InChI is InChI=1S/C18H18ClN3OS/c1-12(13-7-9-14(19)10-8-13)20-18(23)22(2)11-17-21-15-5-3-4-6-16(15)24-17/h3-10,12H,11H2,1-2H3,(H,20,23). The summed E-state index contributed by atoms with van der Waals surface area (Å²) in [5, 5.41) is 4.60. The highest BCUT2D eigenvalue weighted by Gasteiger charge is 2.15. The molecule has 0 bridgehead atoms. The van der Waals surface area contributed by atoms with Crippen LogP contribution in [0.5, 0.6) is 0 Å². The predicted octanol–water partition coefficient (Wildman–Crippen LogP) is 4.85. The van der Waals surface area contributed by atoms with Gasteiger partial charge in [0.1, 0.15) is 5.01 Å². The molecule has 24 heavy (non-hydrogen) atoms. The van der Waals surface area contributed by atoms with Gasteiger partial charge < -0.3 is 10.2 Å². The molecule has 2 amide bonds. The van der Waals surface area contributed by atoms with Gasteiger partial charge in [-0.25, -0.2) is 9.78 Å². The maximum atomic E-state index is 12.4. The molecule has 1 atom stereocenters. The van der Waals surface area contributed by atoms with Crippen LogP contribution in [0, 0.1) is 0 Å². The Morgan fingerprint density at radius 1 is 1.25 bits per heavy atom. The van der Waals surface area contributed by atoms with Gasteiger partial charge in [0.05, 0.1) is 22.8 Å². The highest BCUT2D eigenvalue weighted by Crippen LogP contribution is 2.22. The predicted molar refractivity (Wildman–Crippen MR) is 99.5 cm³/mol. The molecule has 0 radical (unpaired) electrons. The molecule has 3 rings (SSSR count). The number of thiazole rings is 1. The summed E-state index contributed by atoms with van der Waals surface area (Å²) in [5.74, 6) is 0. The highest BCUT2D eigenvalue weighted by atomic mass is 35.5. The Morgan fingerprint density at radius 2 is 1.96 bits per heavy atom. The number of aromatic nitrogens is 1. The lowest BCUT2D eigenvalue weighted by Gasteiger charge is -2.21. The van der Waals surface area contributed by atoms with Crippen LogP contribution in [0.1, 0.15) is 23.5 Å². The van der Waals surface area contributed by atoms with Crippen molar-refractivity contribution in [1.29, 1.82) is 0 Å². The second-order valence-electron chi connectivity index (χ2n) is 5.65. The Labute approximate surface area is 150 Å². The van der Waals surface area contributed by atoms with Crippen molar-refractivity contribution >= 4 is 39.2 Å². The summed E-state index contributed by atoms with van der Waals surface area (Å²) in [6, 6.07) is 15.3. The van der Waals surface area contributed by atoms with E-state index < -0.39 is 0 Å². The third-order valence-corrected chi connectivity index (χ3v) is 5.04. The molecular formula is C18H18ClN3OS. The first kappa shape index (κ1) is 16.7. The first-order valence-corrected chi connectivity index (χ1v) is 8.84. The molecule has 124 valence electrons. The number of rotatable bonds is 4. The van der Waals surface area contributed by atoms with Crippen LogP contribution in [0.4, 0.5) is 4.79 Å². The Balaban J connectivity index is 1.62. The van der Waals surface area contributed by atoms with Gasteiger partial charge >= 0.3 is 6.03 Å². The largest absolute Gasteiger partial charge is 0.331 e. The number of nitrogens with zero attached hydrogens (tertiary/aromatic N) is 2. The van der Waals surface area contributed by atoms with Crippen LogP contribution < -0.4 is 5.32 Å². The van der Waals surface area contributed by atoms with Crippen molar-refractivity contribution < 1.29 is 4.79 Å². The molecular weight excluding hydrogens is 342 g/mol. The average Bonchev–Trinajstić information content (AvgIpc) is 2.97. The van der Waals surface area contributed by atoms with Gasteiger partial charge in [0.15, 0.2) is 0 Å². The zero-order chi connectivity index (χ0) is 17.1. The van der Waals surface area contributed by atoms with E-state index in [2.05, 4.69) is 10.3 Å². The lowest BCUT2D eigenvalue weighted by Crippen LogP contribution is -2.38. The minimum atomic E-state index is -0.128. The van der Waals surface area contributed by atoms with Crippen molar-refractivity contribution in [3.8, 4) is 0 Å². The summed E-state index contributed by atoms with van der Waals surface area (Å²) in [4.78, 5) is 18.6. The fourth-order valence-electron chi connectivity index (χ4n) is 2.39. The molecule has 2 aromatic carbocycles. The molecule has 0 saturated heterocycles. The zero-order valence-corrected chi connectivity index (χ0v) is 15.1. The molecule has 0 aliphatic rings. The number of para-hydroxylation sites is 1. The molecule has 0 fully saturated rings. The van der Waals surface area contributed by atoms with Crippen molar-refractivity contribution in [1.82, 2.24) is 15.2 Å². The van der Waals surface area contributed by atoms with Crippen LogP contribution >= 0.6 is 22.9 Å². The number of benzene rings is 2. The van der Waals surface area contributed by atoms with E-state index in [0.717, 1.165) is 20.8 Å². The van der Waals surface area contributed by atoms with Crippen molar-refractivity contribution in [2.45, 2.75) is 19.5 Å². The fourth-order valence-corrected chi connectivity index (χ4v) is 3.54. The second kappa shape index (κ2) is 7.20. The van der Waals surface area contributed by atoms with E-state index in [1.54, 1.807) is 23.3 Å². The van der Waals surface area contributed by atoms with E-state index in [9.17, 15) is 4.79 Å². The molecule has 3 aromatic rings. The highest BCUT2D eigenvalue weighted by molar-refractivity contribution is 7.18. The van der Waals surface area contributed by atoms with Crippen molar-refractivity contribution in [2.24, 2.45) is 0 Å². The molecule has 0 saturated carbocycles. The van der Waals surface area contributed by atoms with Crippen molar-refractivity contribution in [3.63, 3.8) is 0 Å². The maximum absolute atomic E-state index is 12.4. The van der Waals surface area contributed by atoms with Crippen LogP contribution in [0.2, 0.25) is 5.02 Å². The smallest absolute Gasteiger partial charge is 0.317 e. The lowest BCUT2D eigenvalue weighted by molar-refractivity contribution is 0.203. The molecule has 4 nitrogen and oxygen atoms in total. The summed E-state index contributed by atoms with van der Waals surface area (Å²) >= 11 is 7.51. The van der Waals surface area contributed by atoms with Gasteiger partial charge in [-0.05, 0) is 36.8 Å². The normalized spacial score (nSPS) is 12.1. The summed E-state index contributed by atoms with van der Waals surface area (Å²) in [6.07, 6.45) is 0. The van der Waals surface area contributed by atoms with Crippen LogP contribution in [0.15, 0.2) is 48.5 Å². The number of halogens is 1. The Kier molecular flexibility index (Phi) is 5.02. The van der Waals surface area contributed by atoms with Crippen LogP contribution in [-0.4, -0.2) is 23.0 Å². The number of carbonyl (C=O) groups is 1. The number of amides is 2. The van der Waals surface area contributed by atoms with Gasteiger partial charge in [0.25, 0.3) is 0 Å². The summed E-state index contributed by atoms with van der Waals surface area (Å²) in [5.41, 5.74) is 1.99. The molecule has 6 heteroatoms. The molecule has 1 aromatic heterocycles. The average molecular weight is 360 g/mol. The fraction of sp³-hybridized carbons (Fsp3) is 0.222. The first-order chi connectivity index (χ1) is 11.5. The number of fused-ring (bicyclic) bond motifs is 1. The lowest BCUT2D eigenvalue weighted by atomic mass is 10.1. The van der Waals surface area contributed by atoms with Crippen LogP contribution in [0.25, 0.3) is 10.2 Å². The van der Waals surface area contributed by atoms with Gasteiger partial charge in [-0.3, -0.25) is 0 Å². The number of nitrogens with one attached hydrogen (secondary N) is 1. The van der Waals surface area contributed by atoms with Crippen LogP contribution in [0.3, 0.4) is 0 Å². The van der Waals surface area contributed by atoms with E-state index in [0.29, 0.717) is 11.6 Å². The zero-order valence-electron chi connectivity index (χ0n) is 13.5. The summed E-state index contributed by atoms with van der Waals surface area (Å²) in [6.45, 7) is 2.44. The summed E-state index contributed by atoms with van der Waals surface area (Å²) in [7, 11) is 1.77. The van der Waals surface area contributed by atoms with Gasteiger partial charge in [-0.2, -0.15) is 0 Å². The first-order valence-electron chi connectivity index (χ1n) is 7.64. The quantitative estimate of drug-likeness (QED) is 0.723. The third-order valence-electron chi connectivity index (χ3n) is 3.77. The minimum absolute atomic E-state index is 0.0902.